The summed E-state index contributed by atoms with van der Waals surface area (Å²) in [6, 6.07) is 0. The fourth-order valence-electron chi connectivity index (χ4n) is 2.17. The number of nitrogens with zero attached hydrogens (tertiary/aromatic N) is 3. The molecule has 2 aromatic rings. The van der Waals surface area contributed by atoms with E-state index in [-0.39, 0.29) is 11.9 Å². The van der Waals surface area contributed by atoms with Crippen LogP contribution in [-0.4, -0.2) is 27.3 Å². The zero-order chi connectivity index (χ0) is 14.0. The number of ether oxygens (including phenoxy) is 1. The zero-order valence-corrected chi connectivity index (χ0v) is 12.3. The van der Waals surface area contributed by atoms with E-state index in [1.165, 1.54) is 11.3 Å². The molecule has 1 atom stereocenters. The van der Waals surface area contributed by atoms with Crippen molar-refractivity contribution in [2.24, 2.45) is 0 Å². The second-order valence-corrected chi connectivity index (χ2v) is 5.16. The Kier molecular flexibility index (Phi) is 3.99. The van der Waals surface area contributed by atoms with Gasteiger partial charge < -0.3 is 4.74 Å². The van der Waals surface area contributed by atoms with Crippen molar-refractivity contribution in [3.8, 4) is 5.13 Å². The lowest BCUT2D eigenvalue weighted by Gasteiger charge is -2.11. The Morgan fingerprint density at radius 3 is 2.84 bits per heavy atom. The highest BCUT2D eigenvalue weighted by atomic mass is 32.1. The maximum atomic E-state index is 11.9. The van der Waals surface area contributed by atoms with Crippen molar-refractivity contribution in [3.63, 3.8) is 0 Å². The third-order valence-corrected chi connectivity index (χ3v) is 3.77. The Labute approximate surface area is 116 Å². The van der Waals surface area contributed by atoms with Crippen LogP contribution in [-0.2, 0) is 9.53 Å². The molecule has 0 aliphatic rings. The number of thiazole rings is 1. The molecule has 0 saturated carbocycles. The Bertz CT molecular complexity index is 575. The summed E-state index contributed by atoms with van der Waals surface area (Å²) in [5.41, 5.74) is 2.70. The molecule has 2 heterocycles. The lowest BCUT2D eigenvalue weighted by Crippen LogP contribution is -2.14. The first-order valence-corrected chi connectivity index (χ1v) is 7.06. The Morgan fingerprint density at radius 2 is 2.26 bits per heavy atom. The monoisotopic (exact) mass is 279 g/mol. The standard InChI is InChI=1S/C13H17N3O2S/c1-5-18-12(17)8(2)11-9(3)15-16(10(11)4)13-14-6-7-19-13/h6-8H,5H2,1-4H3. The van der Waals surface area contributed by atoms with Gasteiger partial charge in [0.25, 0.3) is 0 Å². The van der Waals surface area contributed by atoms with Crippen molar-refractivity contribution >= 4 is 17.3 Å². The Balaban J connectivity index is 2.40. The van der Waals surface area contributed by atoms with E-state index < -0.39 is 0 Å². The minimum atomic E-state index is -0.311. The Hall–Kier alpha value is -1.69. The summed E-state index contributed by atoms with van der Waals surface area (Å²) in [4.78, 5) is 16.1. The molecule has 0 aliphatic carbocycles. The fraction of sp³-hybridized carbons (Fsp3) is 0.462. The summed E-state index contributed by atoms with van der Waals surface area (Å²) in [7, 11) is 0. The number of aryl methyl sites for hydroxylation is 1. The molecule has 5 nitrogen and oxygen atoms in total. The van der Waals surface area contributed by atoms with E-state index in [4.69, 9.17) is 4.74 Å². The van der Waals surface area contributed by atoms with Gasteiger partial charge in [0, 0.05) is 22.8 Å². The van der Waals surface area contributed by atoms with Gasteiger partial charge in [0.2, 0.25) is 5.13 Å². The maximum Gasteiger partial charge on any atom is 0.313 e. The molecule has 0 fully saturated rings. The van der Waals surface area contributed by atoms with Gasteiger partial charge in [-0.25, -0.2) is 9.67 Å². The average Bonchev–Trinajstić information content (AvgIpc) is 2.97. The van der Waals surface area contributed by atoms with Crippen molar-refractivity contribution in [2.75, 3.05) is 6.61 Å². The van der Waals surface area contributed by atoms with Gasteiger partial charge >= 0.3 is 5.97 Å². The predicted molar refractivity (Wildman–Crippen MR) is 73.8 cm³/mol. The molecule has 0 amide bonds. The van der Waals surface area contributed by atoms with Gasteiger partial charge in [0.1, 0.15) is 0 Å². The van der Waals surface area contributed by atoms with E-state index in [1.54, 1.807) is 10.9 Å². The molecule has 0 spiro atoms. The van der Waals surface area contributed by atoms with Crippen LogP contribution >= 0.6 is 11.3 Å². The van der Waals surface area contributed by atoms with Crippen LogP contribution in [0.1, 0.15) is 36.7 Å². The van der Waals surface area contributed by atoms with Crippen LogP contribution in [0.2, 0.25) is 0 Å². The molecule has 2 aromatic heterocycles. The fourth-order valence-corrected chi connectivity index (χ4v) is 2.82. The molecular weight excluding hydrogens is 262 g/mol. The highest BCUT2D eigenvalue weighted by Crippen LogP contribution is 2.26. The van der Waals surface area contributed by atoms with Crippen LogP contribution in [0.15, 0.2) is 11.6 Å². The van der Waals surface area contributed by atoms with E-state index in [0.717, 1.165) is 22.1 Å². The summed E-state index contributed by atoms with van der Waals surface area (Å²) in [5.74, 6) is -0.527. The summed E-state index contributed by atoms with van der Waals surface area (Å²) in [6.45, 7) is 7.90. The van der Waals surface area contributed by atoms with E-state index in [9.17, 15) is 4.79 Å². The number of esters is 1. The van der Waals surface area contributed by atoms with E-state index in [0.29, 0.717) is 6.61 Å². The minimum absolute atomic E-state index is 0.215. The maximum absolute atomic E-state index is 11.9. The van der Waals surface area contributed by atoms with Gasteiger partial charge in [-0.3, -0.25) is 4.79 Å². The number of rotatable bonds is 4. The SMILES string of the molecule is CCOC(=O)C(C)c1c(C)nn(-c2nccs2)c1C. The van der Waals surface area contributed by atoms with E-state index in [2.05, 4.69) is 10.1 Å². The molecule has 0 saturated heterocycles. The highest BCUT2D eigenvalue weighted by Gasteiger charge is 2.25. The summed E-state index contributed by atoms with van der Waals surface area (Å²) in [5, 5.41) is 7.18. The highest BCUT2D eigenvalue weighted by molar-refractivity contribution is 7.12. The van der Waals surface area contributed by atoms with Gasteiger partial charge in [0.15, 0.2) is 0 Å². The van der Waals surface area contributed by atoms with Crippen molar-refractivity contribution in [3.05, 3.63) is 28.5 Å². The lowest BCUT2D eigenvalue weighted by atomic mass is 9.99. The number of aromatic nitrogens is 3. The summed E-state index contributed by atoms with van der Waals surface area (Å²) >= 11 is 1.52. The largest absolute Gasteiger partial charge is 0.466 e. The zero-order valence-electron chi connectivity index (χ0n) is 11.5. The van der Waals surface area contributed by atoms with Crippen LogP contribution in [0, 0.1) is 13.8 Å². The number of hydrogen-bond donors (Lipinski definition) is 0. The average molecular weight is 279 g/mol. The van der Waals surface area contributed by atoms with Crippen LogP contribution in [0.5, 0.6) is 0 Å². The first-order chi connectivity index (χ1) is 9.06. The molecule has 0 aromatic carbocycles. The van der Waals surface area contributed by atoms with Crippen LogP contribution in [0.3, 0.4) is 0 Å². The molecule has 1 unspecified atom stereocenters. The molecule has 0 bridgehead atoms. The van der Waals surface area contributed by atoms with Crippen molar-refractivity contribution < 1.29 is 9.53 Å². The third-order valence-electron chi connectivity index (χ3n) is 3.02. The molecule has 0 aliphatic heterocycles. The van der Waals surface area contributed by atoms with Crippen molar-refractivity contribution in [1.82, 2.24) is 14.8 Å². The van der Waals surface area contributed by atoms with Gasteiger partial charge in [-0.05, 0) is 27.7 Å². The van der Waals surface area contributed by atoms with Crippen molar-refractivity contribution in [2.45, 2.75) is 33.6 Å². The second-order valence-electron chi connectivity index (χ2n) is 4.28. The minimum Gasteiger partial charge on any atom is -0.466 e. The lowest BCUT2D eigenvalue weighted by molar-refractivity contribution is -0.144. The van der Waals surface area contributed by atoms with Crippen LogP contribution < -0.4 is 0 Å². The first kappa shape index (κ1) is 13.7. The molecular formula is C13H17N3O2S. The predicted octanol–water partition coefficient (Wildman–Crippen LogP) is 2.61. The quantitative estimate of drug-likeness (QED) is 0.807. The molecule has 19 heavy (non-hydrogen) atoms. The van der Waals surface area contributed by atoms with Crippen LogP contribution in [0.4, 0.5) is 0 Å². The molecule has 6 heteroatoms. The number of hydrogen-bond acceptors (Lipinski definition) is 5. The van der Waals surface area contributed by atoms with Gasteiger partial charge in [-0.2, -0.15) is 5.10 Å². The van der Waals surface area contributed by atoms with E-state index >= 15 is 0 Å². The van der Waals surface area contributed by atoms with Gasteiger partial charge in [0.05, 0.1) is 18.2 Å². The molecule has 2 rings (SSSR count). The molecule has 0 N–H and O–H groups in total. The number of carbonyl (C=O) groups excluding carboxylic acids is 1. The summed E-state index contributed by atoms with van der Waals surface area (Å²) < 4.78 is 6.86. The topological polar surface area (TPSA) is 57.0 Å². The Morgan fingerprint density at radius 1 is 1.53 bits per heavy atom. The summed E-state index contributed by atoms with van der Waals surface area (Å²) in [6.07, 6.45) is 1.74. The molecule has 102 valence electrons. The first-order valence-electron chi connectivity index (χ1n) is 6.18. The molecule has 0 radical (unpaired) electrons. The third kappa shape index (κ3) is 2.53. The second kappa shape index (κ2) is 5.52. The van der Waals surface area contributed by atoms with E-state index in [1.807, 2.05) is 33.1 Å². The normalized spacial score (nSPS) is 12.4. The van der Waals surface area contributed by atoms with Gasteiger partial charge in [-0.1, -0.05) is 0 Å². The smallest absolute Gasteiger partial charge is 0.313 e. The number of carbonyl (C=O) groups is 1. The van der Waals surface area contributed by atoms with Crippen LogP contribution in [0.25, 0.3) is 5.13 Å². The van der Waals surface area contributed by atoms with Gasteiger partial charge in [-0.15, -0.1) is 11.3 Å². The van der Waals surface area contributed by atoms with Crippen molar-refractivity contribution in [1.29, 1.82) is 0 Å².